The Labute approximate surface area is 168 Å². The van der Waals surface area contributed by atoms with E-state index in [1.165, 1.54) is 6.92 Å². The first-order chi connectivity index (χ1) is 13.5. The van der Waals surface area contributed by atoms with Gasteiger partial charge in [0.25, 0.3) is 11.8 Å². The number of carbonyl (C=O) groups excluding carboxylic acids is 3. The highest BCUT2D eigenvalue weighted by molar-refractivity contribution is 6.31. The van der Waals surface area contributed by atoms with Crippen LogP contribution in [0.3, 0.4) is 0 Å². The minimum absolute atomic E-state index is 0.216. The fourth-order valence-corrected chi connectivity index (χ4v) is 2.35. The first kappa shape index (κ1) is 21.2. The molecule has 2 amide bonds. The molecule has 8 heteroatoms. The molecule has 2 aromatic carbocycles. The zero-order chi connectivity index (χ0) is 20.4. The molecule has 0 aliphatic heterocycles. The van der Waals surface area contributed by atoms with Crippen molar-refractivity contribution in [3.05, 3.63) is 65.2 Å². The van der Waals surface area contributed by atoms with E-state index in [1.54, 1.807) is 48.5 Å². The molecule has 28 heavy (non-hydrogen) atoms. The summed E-state index contributed by atoms with van der Waals surface area (Å²) < 4.78 is 10.3. The lowest BCUT2D eigenvalue weighted by atomic mass is 10.2. The van der Waals surface area contributed by atoms with Gasteiger partial charge in [0.2, 0.25) is 0 Å². The van der Waals surface area contributed by atoms with Crippen LogP contribution in [0.1, 0.15) is 12.5 Å². The summed E-state index contributed by atoms with van der Waals surface area (Å²) in [5.41, 5.74) is 0.752. The number of halogens is 1. The lowest BCUT2D eigenvalue weighted by Crippen LogP contribution is -2.39. The lowest BCUT2D eigenvalue weighted by molar-refractivity contribution is -0.154. The van der Waals surface area contributed by atoms with Crippen LogP contribution in [0.4, 0.5) is 0 Å². The highest BCUT2D eigenvalue weighted by Crippen LogP contribution is 2.14. The van der Waals surface area contributed by atoms with Crippen molar-refractivity contribution in [2.45, 2.75) is 19.6 Å². The van der Waals surface area contributed by atoms with E-state index in [9.17, 15) is 14.4 Å². The number of esters is 1. The molecule has 0 aliphatic carbocycles. The summed E-state index contributed by atoms with van der Waals surface area (Å²) in [6, 6.07) is 15.9. The molecule has 1 atom stereocenters. The van der Waals surface area contributed by atoms with Gasteiger partial charge in [-0.2, -0.15) is 0 Å². The summed E-state index contributed by atoms with van der Waals surface area (Å²) in [6.07, 6.45) is -1.01. The van der Waals surface area contributed by atoms with Crippen LogP contribution < -0.4 is 15.4 Å². The van der Waals surface area contributed by atoms with Gasteiger partial charge in [-0.25, -0.2) is 0 Å². The maximum absolute atomic E-state index is 12.0. The molecule has 0 aliphatic rings. The largest absolute Gasteiger partial charge is 0.484 e. The molecule has 0 spiro atoms. The summed E-state index contributed by atoms with van der Waals surface area (Å²) in [7, 11) is 0. The van der Waals surface area contributed by atoms with Crippen molar-refractivity contribution < 1.29 is 23.9 Å². The molecule has 2 aromatic rings. The number of rotatable bonds is 9. The molecule has 0 saturated carbocycles. The van der Waals surface area contributed by atoms with E-state index in [-0.39, 0.29) is 19.7 Å². The highest BCUT2D eigenvalue weighted by Gasteiger charge is 2.18. The van der Waals surface area contributed by atoms with Crippen LogP contribution in [0.5, 0.6) is 5.75 Å². The molecule has 148 valence electrons. The van der Waals surface area contributed by atoms with Gasteiger partial charge in [-0.1, -0.05) is 48.0 Å². The number of ether oxygens (including phenoxy) is 2. The molecule has 0 bridgehead atoms. The van der Waals surface area contributed by atoms with Gasteiger partial charge >= 0.3 is 5.97 Å². The number of hydrogen-bond acceptors (Lipinski definition) is 5. The van der Waals surface area contributed by atoms with E-state index in [2.05, 4.69) is 10.6 Å². The third-order valence-electron chi connectivity index (χ3n) is 3.63. The number of hydrogen-bond donors (Lipinski definition) is 2. The van der Waals surface area contributed by atoms with Crippen LogP contribution in [-0.4, -0.2) is 37.0 Å². The molecular formula is C20H21ClN2O5. The van der Waals surface area contributed by atoms with E-state index >= 15 is 0 Å². The van der Waals surface area contributed by atoms with Gasteiger partial charge in [-0.3, -0.25) is 14.4 Å². The van der Waals surface area contributed by atoms with E-state index in [1.807, 2.05) is 6.07 Å². The van der Waals surface area contributed by atoms with Crippen LogP contribution in [0.15, 0.2) is 54.6 Å². The van der Waals surface area contributed by atoms with Crippen molar-refractivity contribution in [2.75, 3.05) is 13.2 Å². The predicted octanol–water partition coefficient (Wildman–Crippen LogP) is 2.08. The van der Waals surface area contributed by atoms with Gasteiger partial charge < -0.3 is 20.1 Å². The second-order valence-corrected chi connectivity index (χ2v) is 6.23. The lowest BCUT2D eigenvalue weighted by Gasteiger charge is -2.14. The van der Waals surface area contributed by atoms with Crippen molar-refractivity contribution in [1.82, 2.24) is 10.6 Å². The Balaban J connectivity index is 1.66. The normalized spacial score (nSPS) is 11.2. The van der Waals surface area contributed by atoms with Crippen LogP contribution in [0, 0.1) is 0 Å². The second-order valence-electron chi connectivity index (χ2n) is 5.82. The van der Waals surface area contributed by atoms with Gasteiger partial charge in [-0.15, -0.1) is 0 Å². The summed E-state index contributed by atoms with van der Waals surface area (Å²) in [6.45, 7) is 1.07. The molecule has 0 fully saturated rings. The van der Waals surface area contributed by atoms with Crippen molar-refractivity contribution in [3.8, 4) is 5.75 Å². The topological polar surface area (TPSA) is 93.7 Å². The fourth-order valence-electron chi connectivity index (χ4n) is 2.15. The first-order valence-electron chi connectivity index (χ1n) is 8.61. The number of nitrogens with one attached hydrogen (secondary N) is 2. The molecule has 0 saturated heterocycles. The Bertz CT molecular complexity index is 813. The zero-order valence-electron chi connectivity index (χ0n) is 15.3. The Morgan fingerprint density at radius 3 is 2.39 bits per heavy atom. The van der Waals surface area contributed by atoms with Crippen molar-refractivity contribution in [1.29, 1.82) is 0 Å². The van der Waals surface area contributed by atoms with Gasteiger partial charge in [0, 0.05) is 11.6 Å². The van der Waals surface area contributed by atoms with E-state index in [0.717, 1.165) is 5.56 Å². The Morgan fingerprint density at radius 2 is 1.68 bits per heavy atom. The summed E-state index contributed by atoms with van der Waals surface area (Å²) in [4.78, 5) is 35.5. The quantitative estimate of drug-likeness (QED) is 0.624. The minimum Gasteiger partial charge on any atom is -0.484 e. The third kappa shape index (κ3) is 7.28. The van der Waals surface area contributed by atoms with Crippen LogP contribution in [0.25, 0.3) is 0 Å². The Morgan fingerprint density at radius 1 is 1.00 bits per heavy atom. The molecule has 2 N–H and O–H groups in total. The highest BCUT2D eigenvalue weighted by atomic mass is 35.5. The van der Waals surface area contributed by atoms with Gasteiger partial charge in [0.05, 0.1) is 0 Å². The Kier molecular flexibility index (Phi) is 8.30. The van der Waals surface area contributed by atoms with E-state index in [0.29, 0.717) is 10.8 Å². The minimum atomic E-state index is -1.01. The van der Waals surface area contributed by atoms with Crippen molar-refractivity contribution in [3.63, 3.8) is 0 Å². The molecular weight excluding hydrogens is 384 g/mol. The molecule has 1 unspecified atom stereocenters. The molecule has 0 radical (unpaired) electrons. The zero-order valence-corrected chi connectivity index (χ0v) is 16.1. The molecule has 7 nitrogen and oxygen atoms in total. The van der Waals surface area contributed by atoms with E-state index < -0.39 is 23.9 Å². The second kappa shape index (κ2) is 10.9. The average molecular weight is 405 g/mol. The maximum Gasteiger partial charge on any atom is 0.326 e. The Hall–Kier alpha value is -3.06. The summed E-state index contributed by atoms with van der Waals surface area (Å²) >= 11 is 6.02. The van der Waals surface area contributed by atoms with Gasteiger partial charge in [0.1, 0.15) is 12.3 Å². The monoisotopic (exact) mass is 404 g/mol. The predicted molar refractivity (Wildman–Crippen MR) is 104 cm³/mol. The van der Waals surface area contributed by atoms with Gasteiger partial charge in [-0.05, 0) is 30.7 Å². The summed E-state index contributed by atoms with van der Waals surface area (Å²) in [5.74, 6) is -1.12. The van der Waals surface area contributed by atoms with Gasteiger partial charge in [0.15, 0.2) is 12.7 Å². The standard InChI is InChI=1S/C20H21ClN2O5/c1-14(20(26)23-11-15-7-5-6-10-17(15)21)28-19(25)12-22-18(24)13-27-16-8-3-2-4-9-16/h2-10,14H,11-13H2,1H3,(H,22,24)(H,23,26). The van der Waals surface area contributed by atoms with Crippen LogP contribution >= 0.6 is 11.6 Å². The SMILES string of the molecule is CC(OC(=O)CNC(=O)COc1ccccc1)C(=O)NCc1ccccc1Cl. The fraction of sp³-hybridized carbons (Fsp3) is 0.250. The molecule has 2 rings (SSSR count). The van der Waals surface area contributed by atoms with E-state index in [4.69, 9.17) is 21.1 Å². The molecule has 0 aromatic heterocycles. The number of amides is 2. The van der Waals surface area contributed by atoms with Crippen molar-refractivity contribution in [2.24, 2.45) is 0 Å². The smallest absolute Gasteiger partial charge is 0.326 e. The number of benzene rings is 2. The van der Waals surface area contributed by atoms with Crippen LogP contribution in [0.2, 0.25) is 5.02 Å². The average Bonchev–Trinajstić information content (AvgIpc) is 2.70. The maximum atomic E-state index is 12.0. The third-order valence-corrected chi connectivity index (χ3v) is 4.00. The number of para-hydroxylation sites is 1. The molecule has 0 heterocycles. The van der Waals surface area contributed by atoms with Crippen molar-refractivity contribution >= 4 is 29.4 Å². The first-order valence-corrected chi connectivity index (χ1v) is 8.98. The van der Waals surface area contributed by atoms with Crippen LogP contribution in [-0.2, 0) is 25.7 Å². The summed E-state index contributed by atoms with van der Waals surface area (Å²) in [5, 5.41) is 5.55. The number of carbonyl (C=O) groups is 3.